The highest BCUT2D eigenvalue weighted by atomic mass is 32.1. The van der Waals surface area contributed by atoms with Crippen molar-refractivity contribution >= 4 is 33.3 Å². The Bertz CT molecular complexity index is 1160. The number of hydrogen-bond acceptors (Lipinski definition) is 9. The predicted octanol–water partition coefficient (Wildman–Crippen LogP) is 2.86. The van der Waals surface area contributed by atoms with E-state index in [2.05, 4.69) is 35.8 Å². The van der Waals surface area contributed by atoms with Crippen molar-refractivity contribution in [1.29, 1.82) is 5.26 Å². The van der Waals surface area contributed by atoms with Gasteiger partial charge in [-0.15, -0.1) is 11.3 Å². The molecular weight excluding hydrogens is 396 g/mol. The molecular formula is C21H18N8S. The van der Waals surface area contributed by atoms with Crippen LogP contribution < -0.4 is 9.80 Å². The van der Waals surface area contributed by atoms with Crippen LogP contribution in [0.2, 0.25) is 0 Å². The van der Waals surface area contributed by atoms with Crippen LogP contribution in [0.3, 0.4) is 0 Å². The minimum Gasteiger partial charge on any atom is -0.352 e. The maximum atomic E-state index is 9.84. The number of benzene rings is 1. The van der Waals surface area contributed by atoms with Crippen LogP contribution in [0.1, 0.15) is 16.6 Å². The number of hydrogen-bond donors (Lipinski definition) is 0. The van der Waals surface area contributed by atoms with E-state index in [4.69, 9.17) is 4.98 Å². The lowest BCUT2D eigenvalue weighted by Gasteiger charge is -2.35. The third-order valence-electron chi connectivity index (χ3n) is 5.08. The third-order valence-corrected chi connectivity index (χ3v) is 6.18. The first-order valence-electron chi connectivity index (χ1n) is 9.66. The summed E-state index contributed by atoms with van der Waals surface area (Å²) in [5.74, 6) is 1.02. The number of thiazole rings is 1. The molecule has 0 spiro atoms. The molecule has 1 aromatic carbocycles. The lowest BCUT2D eigenvalue weighted by molar-refractivity contribution is 0.631. The summed E-state index contributed by atoms with van der Waals surface area (Å²) >= 11 is 1.54. The number of rotatable bonds is 4. The number of piperazine rings is 1. The fourth-order valence-electron chi connectivity index (χ4n) is 3.53. The topological polar surface area (TPSA) is 94.7 Å². The number of para-hydroxylation sites is 1. The van der Waals surface area contributed by atoms with Gasteiger partial charge in [-0.25, -0.2) is 19.9 Å². The molecule has 3 aromatic heterocycles. The summed E-state index contributed by atoms with van der Waals surface area (Å²) in [5.41, 5.74) is 1.59. The van der Waals surface area contributed by atoms with Crippen molar-refractivity contribution in [2.75, 3.05) is 36.0 Å². The molecule has 1 fully saturated rings. The minimum absolute atomic E-state index is 0.509. The van der Waals surface area contributed by atoms with Gasteiger partial charge in [0.05, 0.1) is 28.2 Å². The summed E-state index contributed by atoms with van der Waals surface area (Å²) < 4.78 is 1.07. The molecule has 1 atom stereocenters. The summed E-state index contributed by atoms with van der Waals surface area (Å²) in [4.78, 5) is 26.7. The monoisotopic (exact) mass is 414 g/mol. The van der Waals surface area contributed by atoms with Gasteiger partial charge in [-0.05, 0) is 18.2 Å². The van der Waals surface area contributed by atoms with Crippen molar-refractivity contribution in [2.45, 2.75) is 5.92 Å². The van der Waals surface area contributed by atoms with Gasteiger partial charge in [-0.1, -0.05) is 12.1 Å². The molecule has 0 radical (unpaired) electrons. The van der Waals surface area contributed by atoms with E-state index in [-0.39, 0.29) is 0 Å². The first-order valence-corrected chi connectivity index (χ1v) is 10.5. The largest absolute Gasteiger partial charge is 0.352 e. The lowest BCUT2D eigenvalue weighted by Crippen LogP contribution is -2.47. The highest BCUT2D eigenvalue weighted by Gasteiger charge is 2.23. The van der Waals surface area contributed by atoms with Crippen molar-refractivity contribution < 1.29 is 0 Å². The van der Waals surface area contributed by atoms with Crippen LogP contribution in [-0.2, 0) is 0 Å². The molecule has 0 N–H and O–H groups in total. The molecule has 1 aliphatic rings. The molecule has 4 heterocycles. The van der Waals surface area contributed by atoms with Crippen molar-refractivity contribution in [1.82, 2.24) is 24.9 Å². The molecule has 1 saturated heterocycles. The van der Waals surface area contributed by atoms with Crippen LogP contribution in [0.25, 0.3) is 10.2 Å². The third kappa shape index (κ3) is 3.53. The van der Waals surface area contributed by atoms with E-state index >= 15 is 0 Å². The van der Waals surface area contributed by atoms with Crippen molar-refractivity contribution in [3.05, 3.63) is 65.8 Å². The minimum atomic E-state index is -0.509. The average molecular weight is 414 g/mol. The summed E-state index contributed by atoms with van der Waals surface area (Å²) in [7, 11) is 0. The van der Waals surface area contributed by atoms with Crippen LogP contribution in [0, 0.1) is 11.3 Å². The molecule has 5 rings (SSSR count). The maximum absolute atomic E-state index is 9.84. The fraction of sp³-hybridized carbons (Fsp3) is 0.238. The van der Waals surface area contributed by atoms with E-state index < -0.39 is 5.92 Å². The lowest BCUT2D eigenvalue weighted by atomic mass is 10.1. The number of aromatic nitrogens is 5. The molecule has 9 heteroatoms. The first-order chi connectivity index (χ1) is 14.8. The summed E-state index contributed by atoms with van der Waals surface area (Å²) in [6.07, 6.45) is 6.89. The van der Waals surface area contributed by atoms with Gasteiger partial charge < -0.3 is 9.80 Å². The number of nitriles is 1. The van der Waals surface area contributed by atoms with Gasteiger partial charge in [0.25, 0.3) is 0 Å². The second-order valence-corrected chi connectivity index (χ2v) is 7.96. The van der Waals surface area contributed by atoms with Gasteiger partial charge in [0.2, 0.25) is 5.95 Å². The quantitative estimate of drug-likeness (QED) is 0.503. The molecule has 148 valence electrons. The van der Waals surface area contributed by atoms with Crippen LogP contribution in [-0.4, -0.2) is 51.1 Å². The molecule has 8 nitrogen and oxygen atoms in total. The van der Waals surface area contributed by atoms with E-state index in [1.54, 1.807) is 30.9 Å². The second-order valence-electron chi connectivity index (χ2n) is 6.90. The Hall–Kier alpha value is -3.64. The van der Waals surface area contributed by atoms with Crippen LogP contribution in [0.4, 0.5) is 11.8 Å². The van der Waals surface area contributed by atoms with Crippen molar-refractivity contribution in [3.8, 4) is 6.07 Å². The zero-order chi connectivity index (χ0) is 20.3. The van der Waals surface area contributed by atoms with Gasteiger partial charge in [0, 0.05) is 44.8 Å². The molecule has 4 aromatic rings. The standard InChI is InChI=1S/C21H18N8S/c22-13-15(20-26-17-3-1-2-4-18(17)30-20)16-5-6-25-21(27-16)29-11-9-28(10-12-29)19-14-23-7-8-24-19/h1-8,14-15H,9-12H2. The Kier molecular flexibility index (Phi) is 4.91. The van der Waals surface area contributed by atoms with E-state index in [0.717, 1.165) is 47.2 Å². The van der Waals surface area contributed by atoms with Crippen LogP contribution >= 0.6 is 11.3 Å². The van der Waals surface area contributed by atoms with Crippen molar-refractivity contribution in [2.24, 2.45) is 0 Å². The molecule has 0 amide bonds. The Morgan fingerprint density at radius 3 is 2.53 bits per heavy atom. The molecule has 0 saturated carbocycles. The van der Waals surface area contributed by atoms with Gasteiger partial charge in [0.1, 0.15) is 16.7 Å². The number of nitrogens with zero attached hydrogens (tertiary/aromatic N) is 8. The summed E-state index contributed by atoms with van der Waals surface area (Å²) in [5, 5.41) is 10.6. The molecule has 1 unspecified atom stereocenters. The SMILES string of the molecule is N#CC(c1ccnc(N2CCN(c3cnccn3)CC2)n1)c1nc2ccccc2s1. The Morgan fingerprint density at radius 1 is 0.933 bits per heavy atom. The Morgan fingerprint density at radius 2 is 1.77 bits per heavy atom. The first kappa shape index (κ1) is 18.4. The van der Waals surface area contributed by atoms with Gasteiger partial charge >= 0.3 is 0 Å². The van der Waals surface area contributed by atoms with Crippen molar-refractivity contribution in [3.63, 3.8) is 0 Å². The predicted molar refractivity (Wildman–Crippen MR) is 116 cm³/mol. The fourth-order valence-corrected chi connectivity index (χ4v) is 4.55. The zero-order valence-electron chi connectivity index (χ0n) is 16.1. The summed E-state index contributed by atoms with van der Waals surface area (Å²) in [6, 6.07) is 12.1. The highest BCUT2D eigenvalue weighted by molar-refractivity contribution is 7.18. The van der Waals surface area contributed by atoms with E-state index in [1.165, 1.54) is 11.3 Å². The van der Waals surface area contributed by atoms with Gasteiger partial charge in [0.15, 0.2) is 0 Å². The van der Waals surface area contributed by atoms with E-state index in [9.17, 15) is 5.26 Å². The normalized spacial score (nSPS) is 15.2. The van der Waals surface area contributed by atoms with E-state index in [0.29, 0.717) is 11.6 Å². The molecule has 1 aliphatic heterocycles. The number of anilines is 2. The van der Waals surface area contributed by atoms with Gasteiger partial charge in [-0.3, -0.25) is 4.98 Å². The smallest absolute Gasteiger partial charge is 0.225 e. The summed E-state index contributed by atoms with van der Waals surface area (Å²) in [6.45, 7) is 3.18. The van der Waals surface area contributed by atoms with Crippen LogP contribution in [0.15, 0.2) is 55.1 Å². The molecule has 0 aliphatic carbocycles. The zero-order valence-corrected chi connectivity index (χ0v) is 16.9. The van der Waals surface area contributed by atoms with Gasteiger partial charge in [-0.2, -0.15) is 5.26 Å². The Balaban J connectivity index is 1.35. The number of fused-ring (bicyclic) bond motifs is 1. The second kappa shape index (κ2) is 8.00. The maximum Gasteiger partial charge on any atom is 0.225 e. The average Bonchev–Trinajstić information content (AvgIpc) is 3.24. The molecule has 0 bridgehead atoms. The Labute approximate surface area is 177 Å². The highest BCUT2D eigenvalue weighted by Crippen LogP contribution is 2.31. The van der Waals surface area contributed by atoms with E-state index in [1.807, 2.05) is 24.3 Å². The molecule has 30 heavy (non-hydrogen) atoms. The van der Waals surface area contributed by atoms with Crippen LogP contribution in [0.5, 0.6) is 0 Å².